The van der Waals surface area contributed by atoms with Gasteiger partial charge in [0.2, 0.25) is 11.9 Å². The largest absolute Gasteiger partial charge is 0.347 e. The van der Waals surface area contributed by atoms with Gasteiger partial charge in [-0.15, -0.1) is 0 Å². The monoisotopic (exact) mass is 387 g/mol. The number of amides is 2. The highest BCUT2D eigenvalue weighted by molar-refractivity contribution is 6.30. The Labute approximate surface area is 163 Å². The molecule has 1 fully saturated rings. The Hall–Kier alpha value is -2.67. The first-order valence-corrected chi connectivity index (χ1v) is 9.19. The molecule has 8 heteroatoms. The number of carbonyl (C=O) groups is 2. The van der Waals surface area contributed by atoms with Gasteiger partial charge in [0, 0.05) is 50.4 Å². The Morgan fingerprint density at radius 3 is 2.41 bits per heavy atom. The number of aromatic nitrogens is 2. The summed E-state index contributed by atoms with van der Waals surface area (Å²) in [6.45, 7) is 6.36. The third-order valence-corrected chi connectivity index (χ3v) is 4.70. The Bertz CT molecular complexity index is 832. The molecule has 27 heavy (non-hydrogen) atoms. The van der Waals surface area contributed by atoms with Crippen molar-refractivity contribution < 1.29 is 9.59 Å². The maximum atomic E-state index is 12.5. The number of aryl methyl sites for hydroxylation is 1. The van der Waals surface area contributed by atoms with Gasteiger partial charge in [0.05, 0.1) is 0 Å². The van der Waals surface area contributed by atoms with E-state index in [0.29, 0.717) is 49.4 Å². The highest BCUT2D eigenvalue weighted by Crippen LogP contribution is 2.14. The van der Waals surface area contributed by atoms with Crippen LogP contribution in [0.2, 0.25) is 5.02 Å². The zero-order valence-corrected chi connectivity index (χ0v) is 16.2. The minimum Gasteiger partial charge on any atom is -0.347 e. The topological polar surface area (TPSA) is 78.4 Å². The number of carbonyl (C=O) groups excluding carboxylic acids is 2. The maximum Gasteiger partial charge on any atom is 0.270 e. The van der Waals surface area contributed by atoms with Crippen molar-refractivity contribution in [3.8, 4) is 0 Å². The number of nitrogens with zero attached hydrogens (tertiary/aromatic N) is 4. The maximum absolute atomic E-state index is 12.5. The van der Waals surface area contributed by atoms with E-state index in [-0.39, 0.29) is 11.8 Å². The van der Waals surface area contributed by atoms with Gasteiger partial charge in [-0.05, 0) is 30.7 Å². The molecule has 142 valence electrons. The van der Waals surface area contributed by atoms with Gasteiger partial charge < -0.3 is 15.1 Å². The summed E-state index contributed by atoms with van der Waals surface area (Å²) in [7, 11) is 0. The van der Waals surface area contributed by atoms with Crippen molar-refractivity contribution in [2.24, 2.45) is 0 Å². The van der Waals surface area contributed by atoms with E-state index in [2.05, 4.69) is 15.3 Å². The van der Waals surface area contributed by atoms with Crippen LogP contribution >= 0.6 is 11.6 Å². The number of nitrogens with one attached hydrogen (secondary N) is 1. The van der Waals surface area contributed by atoms with Gasteiger partial charge in [-0.1, -0.05) is 23.7 Å². The lowest BCUT2D eigenvalue weighted by atomic mass is 10.2. The van der Waals surface area contributed by atoms with Gasteiger partial charge in [0.15, 0.2) is 0 Å². The van der Waals surface area contributed by atoms with Gasteiger partial charge in [0.1, 0.15) is 5.69 Å². The lowest BCUT2D eigenvalue weighted by Gasteiger charge is -2.34. The van der Waals surface area contributed by atoms with Crippen molar-refractivity contribution in [3.63, 3.8) is 0 Å². The van der Waals surface area contributed by atoms with Crippen LogP contribution in [0, 0.1) is 6.92 Å². The van der Waals surface area contributed by atoms with Crippen LogP contribution in [0.4, 0.5) is 5.95 Å². The molecule has 0 bridgehead atoms. The molecule has 1 N–H and O–H groups in total. The minimum atomic E-state index is -0.251. The predicted molar refractivity (Wildman–Crippen MR) is 104 cm³/mol. The van der Waals surface area contributed by atoms with Crippen molar-refractivity contribution >= 4 is 29.4 Å². The number of anilines is 1. The van der Waals surface area contributed by atoms with E-state index in [1.54, 1.807) is 30.0 Å². The van der Waals surface area contributed by atoms with Crippen molar-refractivity contribution in [1.29, 1.82) is 0 Å². The molecule has 0 spiro atoms. The summed E-state index contributed by atoms with van der Waals surface area (Å²) in [6, 6.07) is 8.99. The average Bonchev–Trinajstić information content (AvgIpc) is 2.67. The molecule has 0 saturated carbocycles. The standard InChI is InChI=1S/C19H22ClN5O2/c1-13-11-17(18(27)21-12-15-3-5-16(20)6-4-15)23-19(22-13)25-9-7-24(8-10-25)14(2)26/h3-6,11H,7-10,12H2,1-2H3,(H,21,27). The van der Waals surface area contributed by atoms with E-state index in [1.165, 1.54) is 0 Å². The Morgan fingerprint density at radius 2 is 1.78 bits per heavy atom. The summed E-state index contributed by atoms with van der Waals surface area (Å²) in [5.41, 5.74) is 2.02. The molecule has 1 aromatic carbocycles. The third kappa shape index (κ3) is 4.95. The molecule has 0 radical (unpaired) electrons. The zero-order valence-electron chi connectivity index (χ0n) is 15.4. The predicted octanol–water partition coefficient (Wildman–Crippen LogP) is 2.04. The summed E-state index contributed by atoms with van der Waals surface area (Å²) in [5, 5.41) is 3.53. The Kier molecular flexibility index (Phi) is 5.91. The van der Waals surface area contributed by atoms with Crippen molar-refractivity contribution in [1.82, 2.24) is 20.2 Å². The van der Waals surface area contributed by atoms with E-state index in [9.17, 15) is 9.59 Å². The third-order valence-electron chi connectivity index (χ3n) is 4.45. The molecule has 1 saturated heterocycles. The Morgan fingerprint density at radius 1 is 1.11 bits per heavy atom. The van der Waals surface area contributed by atoms with E-state index in [4.69, 9.17) is 11.6 Å². The lowest BCUT2D eigenvalue weighted by Crippen LogP contribution is -2.48. The molecular formula is C19H22ClN5O2. The summed E-state index contributed by atoms with van der Waals surface area (Å²) >= 11 is 5.87. The first-order valence-electron chi connectivity index (χ1n) is 8.81. The number of hydrogen-bond acceptors (Lipinski definition) is 5. The van der Waals surface area contributed by atoms with Crippen LogP contribution in [0.25, 0.3) is 0 Å². The highest BCUT2D eigenvalue weighted by atomic mass is 35.5. The average molecular weight is 388 g/mol. The molecule has 0 atom stereocenters. The lowest BCUT2D eigenvalue weighted by molar-refractivity contribution is -0.129. The first-order chi connectivity index (χ1) is 12.9. The molecule has 1 aliphatic rings. The molecule has 0 unspecified atom stereocenters. The number of halogens is 1. The van der Waals surface area contributed by atoms with Crippen LogP contribution in [-0.4, -0.2) is 52.9 Å². The van der Waals surface area contributed by atoms with Crippen LogP contribution in [0.5, 0.6) is 0 Å². The molecular weight excluding hydrogens is 366 g/mol. The minimum absolute atomic E-state index is 0.0714. The van der Waals surface area contributed by atoms with E-state index in [1.807, 2.05) is 24.0 Å². The van der Waals surface area contributed by atoms with Crippen molar-refractivity contribution in [2.75, 3.05) is 31.1 Å². The SMILES string of the molecule is CC(=O)N1CCN(c2nc(C)cc(C(=O)NCc3ccc(Cl)cc3)n2)CC1. The molecule has 1 aromatic heterocycles. The van der Waals surface area contributed by atoms with Gasteiger partial charge in [-0.2, -0.15) is 0 Å². The van der Waals surface area contributed by atoms with Gasteiger partial charge >= 0.3 is 0 Å². The van der Waals surface area contributed by atoms with Crippen LogP contribution < -0.4 is 10.2 Å². The van der Waals surface area contributed by atoms with Crippen LogP contribution in [0.1, 0.15) is 28.7 Å². The summed E-state index contributed by atoms with van der Waals surface area (Å²) in [5.74, 6) is 0.344. The van der Waals surface area contributed by atoms with Crippen molar-refractivity contribution in [2.45, 2.75) is 20.4 Å². The summed E-state index contributed by atoms with van der Waals surface area (Å²) in [6.07, 6.45) is 0. The molecule has 2 heterocycles. The fraction of sp³-hybridized carbons (Fsp3) is 0.368. The van der Waals surface area contributed by atoms with Crippen molar-refractivity contribution in [3.05, 3.63) is 52.3 Å². The fourth-order valence-corrected chi connectivity index (χ4v) is 3.03. The summed E-state index contributed by atoms with van der Waals surface area (Å²) < 4.78 is 0. The normalized spacial score (nSPS) is 14.2. The van der Waals surface area contributed by atoms with Crippen LogP contribution in [-0.2, 0) is 11.3 Å². The first kappa shape index (κ1) is 19.1. The van der Waals surface area contributed by atoms with Gasteiger partial charge in [-0.3, -0.25) is 9.59 Å². The van der Waals surface area contributed by atoms with E-state index >= 15 is 0 Å². The van der Waals surface area contributed by atoms with Gasteiger partial charge in [-0.25, -0.2) is 9.97 Å². The quantitative estimate of drug-likeness (QED) is 0.868. The zero-order chi connectivity index (χ0) is 19.4. The number of benzene rings is 1. The molecule has 0 aliphatic carbocycles. The van der Waals surface area contributed by atoms with Crippen LogP contribution in [0.3, 0.4) is 0 Å². The number of piperazine rings is 1. The number of rotatable bonds is 4. The smallest absolute Gasteiger partial charge is 0.270 e. The second-order valence-electron chi connectivity index (χ2n) is 6.50. The fourth-order valence-electron chi connectivity index (χ4n) is 2.91. The van der Waals surface area contributed by atoms with Crippen LogP contribution in [0.15, 0.2) is 30.3 Å². The number of hydrogen-bond donors (Lipinski definition) is 1. The van der Waals surface area contributed by atoms with Gasteiger partial charge in [0.25, 0.3) is 5.91 Å². The molecule has 3 rings (SSSR count). The van der Waals surface area contributed by atoms with E-state index < -0.39 is 0 Å². The molecule has 1 aliphatic heterocycles. The Balaban J connectivity index is 1.66. The second-order valence-corrected chi connectivity index (χ2v) is 6.93. The second kappa shape index (κ2) is 8.35. The van der Waals surface area contributed by atoms with E-state index in [0.717, 1.165) is 11.3 Å². The molecule has 2 amide bonds. The molecule has 2 aromatic rings. The highest BCUT2D eigenvalue weighted by Gasteiger charge is 2.21. The summed E-state index contributed by atoms with van der Waals surface area (Å²) in [4.78, 5) is 36.7. The molecule has 7 nitrogen and oxygen atoms in total.